The normalized spacial score (nSPS) is 28.1. The predicted octanol–water partition coefficient (Wildman–Crippen LogP) is 1.26. The first-order chi connectivity index (χ1) is 10.2. The molecule has 5 heteroatoms. The van der Waals surface area contributed by atoms with E-state index in [4.69, 9.17) is 9.73 Å². The molecular weight excluding hydrogens is 264 g/mol. The highest BCUT2D eigenvalue weighted by Crippen LogP contribution is 2.18. The number of likely N-dealkylation sites (tertiary alicyclic amines) is 2. The maximum atomic E-state index is 5.29. The summed E-state index contributed by atoms with van der Waals surface area (Å²) in [4.78, 5) is 9.75. The lowest BCUT2D eigenvalue weighted by molar-refractivity contribution is 0.157. The first kappa shape index (κ1) is 16.6. The van der Waals surface area contributed by atoms with Gasteiger partial charge in [0.25, 0.3) is 0 Å². The molecule has 0 bridgehead atoms. The molecule has 0 aromatic rings. The van der Waals surface area contributed by atoms with Crippen molar-refractivity contribution in [2.45, 2.75) is 26.2 Å². The Morgan fingerprint density at radius 2 is 2.10 bits per heavy atom. The first-order valence-electron chi connectivity index (χ1n) is 8.43. The smallest absolute Gasteiger partial charge is 0.193 e. The van der Waals surface area contributed by atoms with Crippen LogP contribution in [-0.2, 0) is 4.74 Å². The SMILES string of the molecule is CCNC(=NCC1CCCN(C)C1)N1CCC(COC)C1. The third-order valence-electron chi connectivity index (χ3n) is 4.54. The van der Waals surface area contributed by atoms with Gasteiger partial charge in [-0.15, -0.1) is 0 Å². The van der Waals surface area contributed by atoms with Gasteiger partial charge in [0.15, 0.2) is 5.96 Å². The third kappa shape index (κ3) is 5.15. The number of piperidine rings is 1. The minimum atomic E-state index is 0.652. The molecule has 0 aromatic carbocycles. The van der Waals surface area contributed by atoms with E-state index in [-0.39, 0.29) is 0 Å². The first-order valence-corrected chi connectivity index (χ1v) is 8.43. The average Bonchev–Trinajstić information content (AvgIpc) is 2.92. The standard InChI is InChI=1S/C16H32N4O/c1-4-17-16(20-9-7-15(12-20)13-21-3)18-10-14-6-5-8-19(2)11-14/h14-15H,4-13H2,1-3H3,(H,17,18). The van der Waals surface area contributed by atoms with Gasteiger partial charge in [-0.2, -0.15) is 0 Å². The summed E-state index contributed by atoms with van der Waals surface area (Å²) in [7, 11) is 4.01. The molecule has 0 saturated carbocycles. The van der Waals surface area contributed by atoms with E-state index in [1.54, 1.807) is 7.11 Å². The van der Waals surface area contributed by atoms with Gasteiger partial charge in [0, 0.05) is 45.8 Å². The summed E-state index contributed by atoms with van der Waals surface area (Å²) in [6, 6.07) is 0. The summed E-state index contributed by atoms with van der Waals surface area (Å²) in [6.45, 7) is 9.51. The maximum Gasteiger partial charge on any atom is 0.193 e. The summed E-state index contributed by atoms with van der Waals surface area (Å²) in [5.74, 6) is 2.47. The van der Waals surface area contributed by atoms with Crippen LogP contribution in [0.15, 0.2) is 4.99 Å². The summed E-state index contributed by atoms with van der Waals surface area (Å²) >= 11 is 0. The van der Waals surface area contributed by atoms with Gasteiger partial charge in [-0.1, -0.05) is 0 Å². The fraction of sp³-hybridized carbons (Fsp3) is 0.938. The molecule has 0 aliphatic carbocycles. The molecule has 122 valence electrons. The van der Waals surface area contributed by atoms with Crippen molar-refractivity contribution in [3.8, 4) is 0 Å². The predicted molar refractivity (Wildman–Crippen MR) is 87.8 cm³/mol. The molecule has 2 saturated heterocycles. The summed E-state index contributed by atoms with van der Waals surface area (Å²) in [6.07, 6.45) is 3.84. The lowest BCUT2D eigenvalue weighted by Crippen LogP contribution is -2.41. The summed E-state index contributed by atoms with van der Waals surface area (Å²) < 4.78 is 5.29. The van der Waals surface area contributed by atoms with Crippen molar-refractivity contribution in [1.29, 1.82) is 0 Å². The molecule has 2 aliphatic rings. The molecule has 1 N–H and O–H groups in total. The van der Waals surface area contributed by atoms with E-state index in [1.807, 2.05) is 0 Å². The van der Waals surface area contributed by atoms with Crippen LogP contribution in [0.2, 0.25) is 0 Å². The Balaban J connectivity index is 1.87. The van der Waals surface area contributed by atoms with Gasteiger partial charge in [0.2, 0.25) is 0 Å². The molecule has 0 radical (unpaired) electrons. The number of hydrogen-bond donors (Lipinski definition) is 1. The van der Waals surface area contributed by atoms with Gasteiger partial charge in [-0.05, 0) is 45.7 Å². The molecule has 2 unspecified atom stereocenters. The van der Waals surface area contributed by atoms with Crippen LogP contribution < -0.4 is 5.32 Å². The fourth-order valence-corrected chi connectivity index (χ4v) is 3.46. The van der Waals surface area contributed by atoms with Crippen LogP contribution in [-0.4, -0.2) is 75.8 Å². The monoisotopic (exact) mass is 296 g/mol. The molecule has 2 fully saturated rings. The second-order valence-electron chi connectivity index (χ2n) is 6.52. The number of ether oxygens (including phenoxy) is 1. The van der Waals surface area contributed by atoms with Crippen molar-refractivity contribution in [1.82, 2.24) is 15.1 Å². The van der Waals surface area contributed by atoms with Crippen LogP contribution in [0.3, 0.4) is 0 Å². The highest BCUT2D eigenvalue weighted by atomic mass is 16.5. The van der Waals surface area contributed by atoms with E-state index in [9.17, 15) is 0 Å². The van der Waals surface area contributed by atoms with Gasteiger partial charge < -0.3 is 19.9 Å². The van der Waals surface area contributed by atoms with Crippen LogP contribution in [0.5, 0.6) is 0 Å². The second kappa shape index (κ2) is 8.59. The minimum Gasteiger partial charge on any atom is -0.384 e. The second-order valence-corrected chi connectivity index (χ2v) is 6.52. The van der Waals surface area contributed by atoms with Gasteiger partial charge in [0.1, 0.15) is 0 Å². The van der Waals surface area contributed by atoms with Crippen molar-refractivity contribution in [3.63, 3.8) is 0 Å². The third-order valence-corrected chi connectivity index (χ3v) is 4.54. The van der Waals surface area contributed by atoms with E-state index < -0.39 is 0 Å². The summed E-state index contributed by atoms with van der Waals surface area (Å²) in [5.41, 5.74) is 0. The van der Waals surface area contributed by atoms with Gasteiger partial charge >= 0.3 is 0 Å². The molecule has 2 rings (SSSR count). The van der Waals surface area contributed by atoms with E-state index >= 15 is 0 Å². The Labute approximate surface area is 129 Å². The van der Waals surface area contributed by atoms with Gasteiger partial charge in [-0.25, -0.2) is 0 Å². The van der Waals surface area contributed by atoms with Crippen LogP contribution >= 0.6 is 0 Å². The molecular formula is C16H32N4O. The zero-order chi connectivity index (χ0) is 15.1. The van der Waals surface area contributed by atoms with Crippen molar-refractivity contribution in [2.75, 3.05) is 60.0 Å². The molecule has 2 heterocycles. The fourth-order valence-electron chi connectivity index (χ4n) is 3.46. The maximum absolute atomic E-state index is 5.29. The largest absolute Gasteiger partial charge is 0.384 e. The Kier molecular flexibility index (Phi) is 6.77. The molecule has 0 amide bonds. The summed E-state index contributed by atoms with van der Waals surface area (Å²) in [5, 5.41) is 3.46. The van der Waals surface area contributed by atoms with Crippen molar-refractivity contribution in [2.24, 2.45) is 16.8 Å². The average molecular weight is 296 g/mol. The zero-order valence-corrected chi connectivity index (χ0v) is 14.0. The number of guanidine groups is 1. The Hall–Kier alpha value is -0.810. The van der Waals surface area contributed by atoms with Crippen molar-refractivity contribution in [3.05, 3.63) is 0 Å². The Morgan fingerprint density at radius 1 is 1.24 bits per heavy atom. The minimum absolute atomic E-state index is 0.652. The Morgan fingerprint density at radius 3 is 2.81 bits per heavy atom. The lowest BCUT2D eigenvalue weighted by Gasteiger charge is -2.29. The van der Waals surface area contributed by atoms with Crippen LogP contribution in [0.1, 0.15) is 26.2 Å². The number of nitrogens with one attached hydrogen (secondary N) is 1. The van der Waals surface area contributed by atoms with E-state index in [2.05, 4.69) is 29.1 Å². The molecule has 5 nitrogen and oxygen atoms in total. The quantitative estimate of drug-likeness (QED) is 0.612. The number of methoxy groups -OCH3 is 1. The molecule has 0 spiro atoms. The Bertz CT molecular complexity index is 334. The lowest BCUT2D eigenvalue weighted by atomic mass is 9.99. The molecule has 2 aliphatic heterocycles. The van der Waals surface area contributed by atoms with E-state index in [0.29, 0.717) is 5.92 Å². The molecule has 21 heavy (non-hydrogen) atoms. The van der Waals surface area contributed by atoms with Gasteiger partial charge in [-0.3, -0.25) is 4.99 Å². The highest BCUT2D eigenvalue weighted by molar-refractivity contribution is 5.80. The molecule has 2 atom stereocenters. The van der Waals surface area contributed by atoms with E-state index in [0.717, 1.165) is 44.7 Å². The highest BCUT2D eigenvalue weighted by Gasteiger charge is 2.25. The van der Waals surface area contributed by atoms with Gasteiger partial charge in [0.05, 0.1) is 6.61 Å². The molecule has 0 aromatic heterocycles. The number of aliphatic imine (C=N–C) groups is 1. The number of rotatable bonds is 5. The number of hydrogen-bond acceptors (Lipinski definition) is 3. The zero-order valence-electron chi connectivity index (χ0n) is 14.0. The van der Waals surface area contributed by atoms with Crippen molar-refractivity contribution < 1.29 is 4.74 Å². The van der Waals surface area contributed by atoms with Crippen LogP contribution in [0.4, 0.5) is 0 Å². The van der Waals surface area contributed by atoms with Crippen LogP contribution in [0, 0.1) is 11.8 Å². The van der Waals surface area contributed by atoms with Crippen LogP contribution in [0.25, 0.3) is 0 Å². The topological polar surface area (TPSA) is 40.1 Å². The van der Waals surface area contributed by atoms with E-state index in [1.165, 1.54) is 32.4 Å². The van der Waals surface area contributed by atoms with Crippen molar-refractivity contribution >= 4 is 5.96 Å². The number of nitrogens with zero attached hydrogens (tertiary/aromatic N) is 3.